The first-order valence-electron chi connectivity index (χ1n) is 5.45. The molecule has 0 spiro atoms. The van der Waals surface area contributed by atoms with Crippen LogP contribution >= 0.6 is 23.4 Å². The number of halogens is 1. The highest BCUT2D eigenvalue weighted by atomic mass is 35.5. The number of hydrogen-bond acceptors (Lipinski definition) is 5. The number of aromatic amines is 1. The Balaban J connectivity index is 1.94. The normalized spacial score (nSPS) is 12.1. The number of carbonyl (C=O) groups is 1. The molecule has 1 amide bonds. The molecule has 0 aliphatic rings. The first kappa shape index (κ1) is 13.7. The van der Waals surface area contributed by atoms with Crippen molar-refractivity contribution < 1.29 is 4.79 Å². The zero-order valence-corrected chi connectivity index (χ0v) is 11.6. The van der Waals surface area contributed by atoms with Crippen molar-refractivity contribution in [3.63, 3.8) is 0 Å². The Bertz CT molecular complexity index is 571. The maximum absolute atomic E-state index is 11.9. The second-order valence-corrected chi connectivity index (χ2v) is 5.50. The smallest absolute Gasteiger partial charge is 0.237 e. The molecular formula is C11H12ClN5OS. The third-order valence-electron chi connectivity index (χ3n) is 2.25. The number of nitrogens with one attached hydrogen (secondary N) is 2. The fraction of sp³-hybridized carbons (Fsp3) is 0.182. The molecule has 100 valence electrons. The first-order chi connectivity index (χ1) is 9.04. The molecule has 4 N–H and O–H groups in total. The molecule has 2 aromatic rings. The minimum Gasteiger partial charge on any atom is -0.368 e. The van der Waals surface area contributed by atoms with E-state index in [2.05, 4.69) is 20.5 Å². The van der Waals surface area contributed by atoms with Gasteiger partial charge in [0.15, 0.2) is 0 Å². The number of aromatic nitrogens is 3. The number of nitrogens with zero attached hydrogens (tertiary/aromatic N) is 2. The van der Waals surface area contributed by atoms with Gasteiger partial charge in [-0.15, -0.1) is 5.10 Å². The molecule has 0 saturated heterocycles. The van der Waals surface area contributed by atoms with Crippen molar-refractivity contribution >= 4 is 40.9 Å². The van der Waals surface area contributed by atoms with Gasteiger partial charge in [0, 0.05) is 10.7 Å². The first-order valence-corrected chi connectivity index (χ1v) is 6.71. The lowest BCUT2D eigenvalue weighted by molar-refractivity contribution is -0.115. The highest BCUT2D eigenvalue weighted by Crippen LogP contribution is 2.21. The maximum Gasteiger partial charge on any atom is 0.237 e. The van der Waals surface area contributed by atoms with Crippen molar-refractivity contribution in [3.8, 4) is 0 Å². The van der Waals surface area contributed by atoms with Gasteiger partial charge in [-0.2, -0.15) is 4.98 Å². The molecule has 0 unspecified atom stereocenters. The van der Waals surface area contributed by atoms with Crippen molar-refractivity contribution in [3.05, 3.63) is 29.3 Å². The third kappa shape index (κ3) is 3.87. The van der Waals surface area contributed by atoms with Gasteiger partial charge in [0.05, 0.1) is 5.25 Å². The number of carbonyl (C=O) groups excluding carboxylic acids is 1. The number of nitrogen functional groups attached to an aromatic ring is 1. The Morgan fingerprint density at radius 2 is 2.16 bits per heavy atom. The van der Waals surface area contributed by atoms with Gasteiger partial charge in [-0.1, -0.05) is 23.4 Å². The molecule has 0 fully saturated rings. The molecule has 0 bridgehead atoms. The molecule has 0 aliphatic heterocycles. The van der Waals surface area contributed by atoms with Gasteiger partial charge in [0.25, 0.3) is 0 Å². The van der Waals surface area contributed by atoms with Crippen molar-refractivity contribution in [1.29, 1.82) is 0 Å². The fourth-order valence-corrected chi connectivity index (χ4v) is 2.16. The second-order valence-electron chi connectivity index (χ2n) is 3.76. The number of rotatable bonds is 4. The Morgan fingerprint density at radius 3 is 2.74 bits per heavy atom. The Morgan fingerprint density at radius 1 is 1.47 bits per heavy atom. The molecule has 1 atom stereocenters. The third-order valence-corrected chi connectivity index (χ3v) is 3.46. The fourth-order valence-electron chi connectivity index (χ4n) is 1.30. The number of thioether (sulfide) groups is 1. The van der Waals surface area contributed by atoms with Crippen molar-refractivity contribution in [1.82, 2.24) is 15.2 Å². The summed E-state index contributed by atoms with van der Waals surface area (Å²) in [5.74, 6) is 0.0866. The molecule has 6 nitrogen and oxygen atoms in total. The highest BCUT2D eigenvalue weighted by Gasteiger charge is 2.16. The summed E-state index contributed by atoms with van der Waals surface area (Å²) in [7, 11) is 0. The Hall–Kier alpha value is -1.73. The molecule has 2 rings (SSSR count). The number of H-pyrrole nitrogens is 1. The minimum absolute atomic E-state index is 0.143. The number of nitrogens with two attached hydrogens (primary N) is 1. The van der Waals surface area contributed by atoms with E-state index in [1.807, 2.05) is 0 Å². The van der Waals surface area contributed by atoms with E-state index in [1.54, 1.807) is 31.2 Å². The Kier molecular flexibility index (Phi) is 4.28. The number of amides is 1. The topological polar surface area (TPSA) is 96.7 Å². The lowest BCUT2D eigenvalue weighted by Gasteiger charge is -2.10. The van der Waals surface area contributed by atoms with Crippen LogP contribution in [-0.4, -0.2) is 26.3 Å². The average Bonchev–Trinajstić information content (AvgIpc) is 2.77. The predicted molar refractivity (Wildman–Crippen MR) is 76.2 cm³/mol. The summed E-state index contributed by atoms with van der Waals surface area (Å²) >= 11 is 7.00. The minimum atomic E-state index is -0.342. The van der Waals surface area contributed by atoms with Crippen molar-refractivity contribution in [2.75, 3.05) is 11.1 Å². The summed E-state index contributed by atoms with van der Waals surface area (Å²) < 4.78 is 0. The number of anilines is 2. The highest BCUT2D eigenvalue weighted by molar-refractivity contribution is 8.00. The molecule has 1 aromatic carbocycles. The van der Waals surface area contributed by atoms with Crippen LogP contribution in [0.25, 0.3) is 0 Å². The van der Waals surface area contributed by atoms with Gasteiger partial charge in [-0.25, -0.2) is 5.10 Å². The average molecular weight is 298 g/mol. The van der Waals surface area contributed by atoms with Gasteiger partial charge in [-0.3, -0.25) is 4.79 Å². The van der Waals surface area contributed by atoms with Crippen LogP contribution in [0.1, 0.15) is 6.92 Å². The number of benzene rings is 1. The summed E-state index contributed by atoms with van der Waals surface area (Å²) in [5.41, 5.74) is 6.10. The predicted octanol–water partition coefficient (Wildman–Crippen LogP) is 2.16. The van der Waals surface area contributed by atoms with Crippen LogP contribution in [0.5, 0.6) is 0 Å². The monoisotopic (exact) mass is 297 g/mol. The van der Waals surface area contributed by atoms with Crippen LogP contribution in [0, 0.1) is 0 Å². The van der Waals surface area contributed by atoms with E-state index in [9.17, 15) is 4.79 Å². The van der Waals surface area contributed by atoms with E-state index >= 15 is 0 Å². The molecule has 0 aliphatic carbocycles. The summed E-state index contributed by atoms with van der Waals surface area (Å²) in [6.07, 6.45) is 0. The van der Waals surface area contributed by atoms with Gasteiger partial charge in [-0.05, 0) is 31.2 Å². The van der Waals surface area contributed by atoms with E-state index < -0.39 is 0 Å². The molecule has 0 saturated carbocycles. The molecule has 0 radical (unpaired) electrons. The molecule has 1 heterocycles. The van der Waals surface area contributed by atoms with E-state index in [0.717, 1.165) is 0 Å². The molecular weight excluding hydrogens is 286 g/mol. The van der Waals surface area contributed by atoms with Crippen LogP contribution < -0.4 is 11.1 Å². The van der Waals surface area contributed by atoms with E-state index in [-0.39, 0.29) is 17.1 Å². The van der Waals surface area contributed by atoms with Crippen molar-refractivity contribution in [2.45, 2.75) is 17.3 Å². The van der Waals surface area contributed by atoms with Gasteiger partial charge in [0.1, 0.15) is 0 Å². The van der Waals surface area contributed by atoms with E-state index in [1.165, 1.54) is 11.8 Å². The van der Waals surface area contributed by atoms with Gasteiger partial charge >= 0.3 is 0 Å². The standard InChI is InChI=1S/C11H12ClN5OS/c1-6(19-11-15-10(13)16-17-11)9(18)14-8-4-2-7(12)3-5-8/h2-6H,1H3,(H,14,18)(H3,13,15,16,17)/t6-/m0/s1. The van der Waals surface area contributed by atoms with E-state index in [4.69, 9.17) is 17.3 Å². The van der Waals surface area contributed by atoms with Crippen LogP contribution in [-0.2, 0) is 4.79 Å². The molecule has 19 heavy (non-hydrogen) atoms. The quantitative estimate of drug-likeness (QED) is 0.751. The summed E-state index contributed by atoms with van der Waals surface area (Å²) in [5, 5.41) is 9.88. The summed E-state index contributed by atoms with van der Waals surface area (Å²) in [6.45, 7) is 1.77. The van der Waals surface area contributed by atoms with Crippen LogP contribution in [0.15, 0.2) is 29.4 Å². The zero-order chi connectivity index (χ0) is 13.8. The van der Waals surface area contributed by atoms with Crippen molar-refractivity contribution in [2.24, 2.45) is 0 Å². The number of hydrogen-bond donors (Lipinski definition) is 3. The summed E-state index contributed by atoms with van der Waals surface area (Å²) in [4.78, 5) is 15.9. The Labute approximate surface area is 119 Å². The van der Waals surface area contributed by atoms with Crippen LogP contribution in [0.3, 0.4) is 0 Å². The van der Waals surface area contributed by atoms with E-state index in [0.29, 0.717) is 15.9 Å². The lowest BCUT2D eigenvalue weighted by atomic mass is 10.3. The van der Waals surface area contributed by atoms with Crippen LogP contribution in [0.2, 0.25) is 5.02 Å². The second kappa shape index (κ2) is 5.94. The van der Waals surface area contributed by atoms with Crippen LogP contribution in [0.4, 0.5) is 11.6 Å². The largest absolute Gasteiger partial charge is 0.368 e. The van der Waals surface area contributed by atoms with Gasteiger partial charge in [0.2, 0.25) is 17.0 Å². The maximum atomic E-state index is 11.9. The molecule has 1 aromatic heterocycles. The van der Waals surface area contributed by atoms with Gasteiger partial charge < -0.3 is 11.1 Å². The SMILES string of the molecule is C[C@H](Sc1n[nH]c(N)n1)C(=O)Nc1ccc(Cl)cc1. The molecule has 8 heteroatoms. The summed E-state index contributed by atoms with van der Waals surface area (Å²) in [6, 6.07) is 6.90. The lowest BCUT2D eigenvalue weighted by Crippen LogP contribution is -2.22. The zero-order valence-electron chi connectivity index (χ0n) is 10.1.